The van der Waals surface area contributed by atoms with Crippen molar-refractivity contribution in [2.75, 3.05) is 13.1 Å². The third-order valence-corrected chi connectivity index (χ3v) is 3.74. The van der Waals surface area contributed by atoms with E-state index in [0.717, 1.165) is 5.92 Å². The van der Waals surface area contributed by atoms with Gasteiger partial charge in [0.2, 0.25) is 0 Å². The van der Waals surface area contributed by atoms with Gasteiger partial charge >= 0.3 is 0 Å². The van der Waals surface area contributed by atoms with E-state index in [2.05, 4.69) is 17.2 Å². The Labute approximate surface area is 89.8 Å². The van der Waals surface area contributed by atoms with E-state index in [1.807, 2.05) is 17.5 Å². The van der Waals surface area contributed by atoms with Crippen LogP contribution < -0.4 is 5.32 Å². The van der Waals surface area contributed by atoms with Crippen molar-refractivity contribution >= 4 is 11.3 Å². The second-order valence-corrected chi connectivity index (χ2v) is 5.43. The fourth-order valence-corrected chi connectivity index (χ4v) is 2.96. The first kappa shape index (κ1) is 10.1. The zero-order valence-electron chi connectivity index (χ0n) is 8.75. The van der Waals surface area contributed by atoms with Crippen molar-refractivity contribution in [1.29, 1.82) is 0 Å². The molecule has 14 heavy (non-hydrogen) atoms. The molecule has 1 aliphatic rings. The second-order valence-electron chi connectivity index (χ2n) is 4.12. The topological polar surface area (TPSA) is 24.9 Å². The molecule has 3 heteroatoms. The molecule has 0 aromatic carbocycles. The lowest BCUT2D eigenvalue weighted by Gasteiger charge is -2.11. The average molecular weight is 210 g/mol. The molecular formula is C11H18N2S. The molecule has 0 spiro atoms. The highest BCUT2D eigenvalue weighted by Crippen LogP contribution is 2.20. The molecule has 1 aromatic heterocycles. The highest BCUT2D eigenvalue weighted by atomic mass is 32.1. The van der Waals surface area contributed by atoms with Gasteiger partial charge in [0, 0.05) is 11.1 Å². The van der Waals surface area contributed by atoms with Gasteiger partial charge in [0.15, 0.2) is 0 Å². The molecular weight excluding hydrogens is 192 g/mol. The Bertz CT molecular complexity index is 275. The number of thiazole rings is 1. The maximum absolute atomic E-state index is 4.30. The van der Waals surface area contributed by atoms with Crippen LogP contribution in [0, 0.1) is 12.8 Å². The summed E-state index contributed by atoms with van der Waals surface area (Å²) in [6.07, 6.45) is 7.38. The summed E-state index contributed by atoms with van der Waals surface area (Å²) in [5.74, 6) is 0.831. The summed E-state index contributed by atoms with van der Waals surface area (Å²) in [5.41, 5.74) is 0. The second kappa shape index (κ2) is 4.89. The molecule has 1 saturated heterocycles. The molecule has 0 aliphatic carbocycles. The molecule has 1 aliphatic heterocycles. The lowest BCUT2D eigenvalue weighted by atomic mass is 9.99. The van der Waals surface area contributed by atoms with Gasteiger partial charge in [-0.2, -0.15) is 0 Å². The number of rotatable bonds is 2. The predicted octanol–water partition coefficient (Wildman–Crippen LogP) is 2.38. The molecule has 2 heterocycles. The summed E-state index contributed by atoms with van der Waals surface area (Å²) >= 11 is 1.85. The Morgan fingerprint density at radius 3 is 3.29 bits per heavy atom. The summed E-state index contributed by atoms with van der Waals surface area (Å²) in [4.78, 5) is 5.76. The van der Waals surface area contributed by atoms with E-state index in [4.69, 9.17) is 0 Å². The van der Waals surface area contributed by atoms with Crippen LogP contribution in [-0.2, 0) is 6.42 Å². The first-order chi connectivity index (χ1) is 6.84. The smallest absolute Gasteiger partial charge is 0.0896 e. The van der Waals surface area contributed by atoms with E-state index in [-0.39, 0.29) is 0 Å². The van der Waals surface area contributed by atoms with Crippen LogP contribution in [0.25, 0.3) is 0 Å². The van der Waals surface area contributed by atoms with Gasteiger partial charge in [-0.05, 0) is 45.2 Å². The number of aromatic nitrogens is 1. The van der Waals surface area contributed by atoms with Crippen LogP contribution in [0.15, 0.2) is 6.20 Å². The highest BCUT2D eigenvalue weighted by Gasteiger charge is 2.13. The van der Waals surface area contributed by atoms with Gasteiger partial charge in [0.25, 0.3) is 0 Å². The third kappa shape index (κ3) is 2.79. The molecule has 1 fully saturated rings. The number of nitrogens with zero attached hydrogens (tertiary/aromatic N) is 1. The summed E-state index contributed by atoms with van der Waals surface area (Å²) in [6.45, 7) is 4.48. The quantitative estimate of drug-likeness (QED) is 0.810. The van der Waals surface area contributed by atoms with Gasteiger partial charge < -0.3 is 5.32 Å². The van der Waals surface area contributed by atoms with Crippen molar-refractivity contribution in [3.8, 4) is 0 Å². The van der Waals surface area contributed by atoms with Gasteiger partial charge in [-0.1, -0.05) is 6.42 Å². The fourth-order valence-electron chi connectivity index (χ4n) is 2.05. The normalized spacial score (nSPS) is 23.4. The monoisotopic (exact) mass is 210 g/mol. The predicted molar refractivity (Wildman–Crippen MR) is 60.8 cm³/mol. The molecule has 0 radical (unpaired) electrons. The van der Waals surface area contributed by atoms with Gasteiger partial charge in [-0.3, -0.25) is 0 Å². The van der Waals surface area contributed by atoms with E-state index in [1.165, 1.54) is 48.7 Å². The van der Waals surface area contributed by atoms with E-state index in [0.29, 0.717) is 0 Å². The Morgan fingerprint density at radius 2 is 2.50 bits per heavy atom. The number of hydrogen-bond acceptors (Lipinski definition) is 3. The Morgan fingerprint density at radius 1 is 1.57 bits per heavy atom. The molecule has 1 atom stereocenters. The molecule has 1 aromatic rings. The van der Waals surface area contributed by atoms with Crippen molar-refractivity contribution in [2.45, 2.75) is 32.6 Å². The first-order valence-corrected chi connectivity index (χ1v) is 6.28. The van der Waals surface area contributed by atoms with E-state index in [9.17, 15) is 0 Å². The van der Waals surface area contributed by atoms with Crippen LogP contribution in [0.2, 0.25) is 0 Å². The van der Waals surface area contributed by atoms with Gasteiger partial charge in [-0.15, -0.1) is 11.3 Å². The van der Waals surface area contributed by atoms with Crippen molar-refractivity contribution in [2.24, 2.45) is 5.92 Å². The standard InChI is InChI=1S/C11H18N2S/c1-9-13-8-11(14-9)6-10-4-2-3-5-12-7-10/h8,10,12H,2-7H2,1H3. The van der Waals surface area contributed by atoms with Crippen molar-refractivity contribution in [3.05, 3.63) is 16.1 Å². The molecule has 2 nitrogen and oxygen atoms in total. The minimum atomic E-state index is 0.831. The van der Waals surface area contributed by atoms with Crippen molar-refractivity contribution in [3.63, 3.8) is 0 Å². The molecule has 0 saturated carbocycles. The lowest BCUT2D eigenvalue weighted by Crippen LogP contribution is -2.21. The van der Waals surface area contributed by atoms with Crippen LogP contribution in [0.4, 0.5) is 0 Å². The first-order valence-electron chi connectivity index (χ1n) is 5.46. The molecule has 78 valence electrons. The lowest BCUT2D eigenvalue weighted by molar-refractivity contribution is 0.480. The molecule has 0 amide bonds. The van der Waals surface area contributed by atoms with Crippen LogP contribution in [0.1, 0.15) is 29.1 Å². The Hall–Kier alpha value is -0.410. The van der Waals surface area contributed by atoms with Crippen LogP contribution >= 0.6 is 11.3 Å². The minimum absolute atomic E-state index is 0.831. The van der Waals surface area contributed by atoms with Gasteiger partial charge in [0.05, 0.1) is 5.01 Å². The van der Waals surface area contributed by atoms with Gasteiger partial charge in [-0.25, -0.2) is 4.98 Å². The summed E-state index contributed by atoms with van der Waals surface area (Å²) in [7, 11) is 0. The van der Waals surface area contributed by atoms with Crippen LogP contribution in [-0.4, -0.2) is 18.1 Å². The maximum atomic E-state index is 4.30. The van der Waals surface area contributed by atoms with E-state index < -0.39 is 0 Å². The minimum Gasteiger partial charge on any atom is -0.316 e. The zero-order chi connectivity index (χ0) is 9.80. The molecule has 1 unspecified atom stereocenters. The number of aryl methyl sites for hydroxylation is 1. The van der Waals surface area contributed by atoms with Crippen molar-refractivity contribution in [1.82, 2.24) is 10.3 Å². The van der Waals surface area contributed by atoms with Crippen LogP contribution in [0.3, 0.4) is 0 Å². The van der Waals surface area contributed by atoms with Crippen molar-refractivity contribution < 1.29 is 0 Å². The third-order valence-electron chi connectivity index (χ3n) is 2.81. The number of nitrogens with one attached hydrogen (secondary N) is 1. The molecule has 1 N–H and O–H groups in total. The maximum Gasteiger partial charge on any atom is 0.0896 e. The summed E-state index contributed by atoms with van der Waals surface area (Å²) in [5, 5.41) is 4.70. The zero-order valence-corrected chi connectivity index (χ0v) is 9.57. The molecule has 0 bridgehead atoms. The van der Waals surface area contributed by atoms with E-state index in [1.54, 1.807) is 0 Å². The van der Waals surface area contributed by atoms with Crippen LogP contribution in [0.5, 0.6) is 0 Å². The van der Waals surface area contributed by atoms with E-state index >= 15 is 0 Å². The number of hydrogen-bond donors (Lipinski definition) is 1. The Kier molecular flexibility index (Phi) is 3.54. The summed E-state index contributed by atoms with van der Waals surface area (Å²) < 4.78 is 0. The average Bonchev–Trinajstić information content (AvgIpc) is 2.43. The SMILES string of the molecule is Cc1ncc(CC2CCCCNC2)s1. The highest BCUT2D eigenvalue weighted by molar-refractivity contribution is 7.11. The molecule has 2 rings (SSSR count). The van der Waals surface area contributed by atoms with Gasteiger partial charge in [0.1, 0.15) is 0 Å². The Balaban J connectivity index is 1.89. The largest absolute Gasteiger partial charge is 0.316 e. The fraction of sp³-hybridized carbons (Fsp3) is 0.727. The summed E-state index contributed by atoms with van der Waals surface area (Å²) in [6, 6.07) is 0.